The average Bonchev–Trinajstić information content (AvgIpc) is 2.28. The second kappa shape index (κ2) is 4.73. The highest BCUT2D eigenvalue weighted by molar-refractivity contribution is 5.95. The molecule has 2 heterocycles. The van der Waals surface area contributed by atoms with Gasteiger partial charge in [-0.1, -0.05) is 0 Å². The number of anilines is 1. The van der Waals surface area contributed by atoms with Crippen LogP contribution in [0.3, 0.4) is 0 Å². The van der Waals surface area contributed by atoms with Gasteiger partial charge in [-0.15, -0.1) is 0 Å². The van der Waals surface area contributed by atoms with Crippen LogP contribution in [-0.4, -0.2) is 27.9 Å². The molecule has 1 aromatic rings. The summed E-state index contributed by atoms with van der Waals surface area (Å²) in [6, 6.07) is 3.99. The lowest BCUT2D eigenvalue weighted by Crippen LogP contribution is -2.47. The number of aromatic nitrogens is 1. The first-order valence-electron chi connectivity index (χ1n) is 6.14. The van der Waals surface area contributed by atoms with Gasteiger partial charge in [0.05, 0.1) is 0 Å². The minimum atomic E-state index is 0.0683. The van der Waals surface area contributed by atoms with E-state index >= 15 is 0 Å². The lowest BCUT2D eigenvalue weighted by molar-refractivity contribution is 0.0510. The van der Waals surface area contributed by atoms with Crippen molar-refractivity contribution in [2.24, 2.45) is 0 Å². The zero-order chi connectivity index (χ0) is 12.4. The molecule has 0 aliphatic carbocycles. The van der Waals surface area contributed by atoms with Crippen molar-refractivity contribution in [3.8, 4) is 0 Å². The van der Waals surface area contributed by atoms with Crippen molar-refractivity contribution in [2.45, 2.75) is 45.2 Å². The predicted molar refractivity (Wildman–Crippen MR) is 67.6 cm³/mol. The van der Waals surface area contributed by atoms with E-state index < -0.39 is 0 Å². The van der Waals surface area contributed by atoms with Gasteiger partial charge in [-0.2, -0.15) is 0 Å². The van der Waals surface area contributed by atoms with Crippen LogP contribution in [-0.2, 0) is 0 Å². The monoisotopic (exact) mass is 233 g/mol. The summed E-state index contributed by atoms with van der Waals surface area (Å²) in [7, 11) is 0. The smallest absolute Gasteiger partial charge is 0.254 e. The van der Waals surface area contributed by atoms with E-state index in [4.69, 9.17) is 5.73 Å². The van der Waals surface area contributed by atoms with Crippen molar-refractivity contribution < 1.29 is 4.79 Å². The topological polar surface area (TPSA) is 59.2 Å². The molecule has 1 amide bonds. The zero-order valence-electron chi connectivity index (χ0n) is 10.4. The molecular formula is C13H19N3O. The zero-order valence-corrected chi connectivity index (χ0v) is 10.4. The van der Waals surface area contributed by atoms with E-state index in [1.165, 1.54) is 6.42 Å². The summed E-state index contributed by atoms with van der Waals surface area (Å²) in [6.45, 7) is 4.22. The van der Waals surface area contributed by atoms with E-state index in [2.05, 4.69) is 18.8 Å². The number of nitrogen functional groups attached to an aromatic ring is 1. The summed E-state index contributed by atoms with van der Waals surface area (Å²) in [6.07, 6.45) is 4.94. The largest absolute Gasteiger partial charge is 0.384 e. The molecule has 0 unspecified atom stereocenters. The normalized spacial score (nSPS) is 24.7. The van der Waals surface area contributed by atoms with E-state index in [1.807, 2.05) is 4.90 Å². The Balaban J connectivity index is 2.24. The van der Waals surface area contributed by atoms with Crippen LogP contribution in [0, 0.1) is 0 Å². The van der Waals surface area contributed by atoms with Crippen LogP contribution in [0.4, 0.5) is 5.82 Å². The number of carbonyl (C=O) groups excluding carboxylic acids is 1. The van der Waals surface area contributed by atoms with E-state index in [-0.39, 0.29) is 5.91 Å². The molecule has 2 N–H and O–H groups in total. The summed E-state index contributed by atoms with van der Waals surface area (Å²) in [5, 5.41) is 0. The van der Waals surface area contributed by atoms with Gasteiger partial charge in [0.2, 0.25) is 0 Å². The Morgan fingerprint density at radius 1 is 1.41 bits per heavy atom. The van der Waals surface area contributed by atoms with Crippen molar-refractivity contribution >= 4 is 11.7 Å². The summed E-state index contributed by atoms with van der Waals surface area (Å²) in [4.78, 5) is 18.3. The SMILES string of the molecule is C[C@@H]1CCC[C@H](C)N1C(=O)c1ccnc(N)c1. The molecule has 1 saturated heterocycles. The second-order valence-corrected chi connectivity index (χ2v) is 4.81. The third-order valence-electron chi connectivity index (χ3n) is 3.46. The molecule has 4 heteroatoms. The van der Waals surface area contributed by atoms with Crippen LogP contribution in [0.15, 0.2) is 18.3 Å². The lowest BCUT2D eigenvalue weighted by Gasteiger charge is -2.39. The maximum Gasteiger partial charge on any atom is 0.254 e. The van der Waals surface area contributed by atoms with E-state index in [1.54, 1.807) is 18.3 Å². The molecule has 2 atom stereocenters. The molecular weight excluding hydrogens is 214 g/mol. The van der Waals surface area contributed by atoms with Crippen molar-refractivity contribution in [1.29, 1.82) is 0 Å². The number of amides is 1. The van der Waals surface area contributed by atoms with E-state index in [0.717, 1.165) is 12.8 Å². The van der Waals surface area contributed by atoms with Crippen LogP contribution >= 0.6 is 0 Å². The summed E-state index contributed by atoms with van der Waals surface area (Å²) < 4.78 is 0. The molecule has 0 radical (unpaired) electrons. The van der Waals surface area contributed by atoms with Crippen molar-refractivity contribution in [2.75, 3.05) is 5.73 Å². The van der Waals surface area contributed by atoms with Gasteiger partial charge in [-0.05, 0) is 45.2 Å². The van der Waals surface area contributed by atoms with Crippen LogP contribution in [0.25, 0.3) is 0 Å². The van der Waals surface area contributed by atoms with Gasteiger partial charge in [0.25, 0.3) is 5.91 Å². The fourth-order valence-electron chi connectivity index (χ4n) is 2.55. The van der Waals surface area contributed by atoms with Gasteiger partial charge in [0.1, 0.15) is 5.82 Å². The highest BCUT2D eigenvalue weighted by atomic mass is 16.2. The third kappa shape index (κ3) is 2.40. The number of nitrogens with two attached hydrogens (primary N) is 1. The van der Waals surface area contributed by atoms with E-state index in [0.29, 0.717) is 23.5 Å². The predicted octanol–water partition coefficient (Wildman–Crippen LogP) is 2.07. The second-order valence-electron chi connectivity index (χ2n) is 4.81. The molecule has 0 aromatic carbocycles. The third-order valence-corrected chi connectivity index (χ3v) is 3.46. The van der Waals surface area contributed by atoms with Gasteiger partial charge in [0, 0.05) is 23.8 Å². The number of piperidine rings is 1. The Bertz CT molecular complexity index is 409. The molecule has 1 aliphatic heterocycles. The molecule has 1 fully saturated rings. The molecule has 17 heavy (non-hydrogen) atoms. The number of pyridine rings is 1. The number of hydrogen-bond donors (Lipinski definition) is 1. The minimum Gasteiger partial charge on any atom is -0.384 e. The number of rotatable bonds is 1. The summed E-state index contributed by atoms with van der Waals surface area (Å²) in [5.74, 6) is 0.465. The minimum absolute atomic E-state index is 0.0683. The van der Waals surface area contributed by atoms with Gasteiger partial charge in [0.15, 0.2) is 0 Å². The van der Waals surface area contributed by atoms with Crippen LogP contribution in [0.2, 0.25) is 0 Å². The summed E-state index contributed by atoms with van der Waals surface area (Å²) in [5.41, 5.74) is 6.25. The number of likely N-dealkylation sites (tertiary alicyclic amines) is 1. The fraction of sp³-hybridized carbons (Fsp3) is 0.538. The Kier molecular flexibility index (Phi) is 3.31. The first-order chi connectivity index (χ1) is 8.09. The number of carbonyl (C=O) groups is 1. The molecule has 1 aliphatic rings. The van der Waals surface area contributed by atoms with Gasteiger partial charge >= 0.3 is 0 Å². The molecule has 0 spiro atoms. The van der Waals surface area contributed by atoms with Gasteiger partial charge < -0.3 is 10.6 Å². The molecule has 4 nitrogen and oxygen atoms in total. The average molecular weight is 233 g/mol. The Morgan fingerprint density at radius 3 is 2.65 bits per heavy atom. The Labute approximate surface area is 102 Å². The highest BCUT2D eigenvalue weighted by Gasteiger charge is 2.29. The molecule has 92 valence electrons. The number of hydrogen-bond acceptors (Lipinski definition) is 3. The fourth-order valence-corrected chi connectivity index (χ4v) is 2.55. The van der Waals surface area contributed by atoms with Crippen molar-refractivity contribution in [1.82, 2.24) is 9.88 Å². The van der Waals surface area contributed by atoms with E-state index in [9.17, 15) is 4.79 Å². The number of nitrogens with zero attached hydrogens (tertiary/aromatic N) is 2. The quantitative estimate of drug-likeness (QED) is 0.807. The van der Waals surface area contributed by atoms with Crippen molar-refractivity contribution in [3.63, 3.8) is 0 Å². The van der Waals surface area contributed by atoms with Gasteiger partial charge in [-0.3, -0.25) is 4.79 Å². The Morgan fingerprint density at radius 2 is 2.06 bits per heavy atom. The maximum absolute atomic E-state index is 12.4. The summed E-state index contributed by atoms with van der Waals surface area (Å²) >= 11 is 0. The van der Waals surface area contributed by atoms with Gasteiger partial charge in [-0.25, -0.2) is 4.98 Å². The first kappa shape index (κ1) is 11.9. The standard InChI is InChI=1S/C13H19N3O/c1-9-4-3-5-10(2)16(9)13(17)11-6-7-15-12(14)8-11/h6-10H,3-5H2,1-2H3,(H2,14,15)/t9-,10+. The molecule has 0 saturated carbocycles. The van der Waals surface area contributed by atoms with Crippen LogP contribution < -0.4 is 5.73 Å². The maximum atomic E-state index is 12.4. The molecule has 1 aromatic heterocycles. The van der Waals surface area contributed by atoms with Crippen molar-refractivity contribution in [3.05, 3.63) is 23.9 Å². The lowest BCUT2D eigenvalue weighted by atomic mass is 9.96. The Hall–Kier alpha value is -1.58. The first-order valence-corrected chi connectivity index (χ1v) is 6.14. The van der Waals surface area contributed by atoms with Crippen LogP contribution in [0.5, 0.6) is 0 Å². The molecule has 2 rings (SSSR count). The van der Waals surface area contributed by atoms with Crippen LogP contribution in [0.1, 0.15) is 43.5 Å². The molecule has 0 bridgehead atoms. The highest BCUT2D eigenvalue weighted by Crippen LogP contribution is 2.24.